The predicted molar refractivity (Wildman–Crippen MR) is 97.7 cm³/mol. The lowest BCUT2D eigenvalue weighted by molar-refractivity contribution is -0.119. The molecule has 2 N–H and O–H groups in total. The van der Waals surface area contributed by atoms with E-state index < -0.39 is 6.04 Å². The highest BCUT2D eigenvalue weighted by Crippen LogP contribution is 2.40. The van der Waals surface area contributed by atoms with Gasteiger partial charge in [0, 0.05) is 28.1 Å². The van der Waals surface area contributed by atoms with Crippen LogP contribution in [-0.4, -0.2) is 11.0 Å². The lowest BCUT2D eigenvalue weighted by atomic mass is 9.92. The lowest BCUT2D eigenvalue weighted by Gasteiger charge is -2.23. The largest absolute Gasteiger partial charge is 0.508 e. The zero-order valence-corrected chi connectivity index (χ0v) is 14.4. The fourth-order valence-electron chi connectivity index (χ4n) is 2.87. The third-order valence-corrected chi connectivity index (χ3v) is 4.53. The van der Waals surface area contributed by atoms with E-state index in [9.17, 15) is 9.90 Å². The first-order valence-electron chi connectivity index (χ1n) is 7.40. The van der Waals surface area contributed by atoms with Gasteiger partial charge in [0.15, 0.2) is 0 Å². The molecule has 0 aliphatic carbocycles. The Balaban J connectivity index is 2.32. The van der Waals surface area contributed by atoms with E-state index in [4.69, 9.17) is 23.2 Å². The van der Waals surface area contributed by atoms with E-state index in [0.717, 1.165) is 10.8 Å². The van der Waals surface area contributed by atoms with Crippen molar-refractivity contribution in [1.29, 1.82) is 0 Å². The highest BCUT2D eigenvalue weighted by Gasteiger charge is 2.25. The second-order valence-electron chi connectivity index (χ2n) is 5.49. The Kier molecular flexibility index (Phi) is 4.65. The van der Waals surface area contributed by atoms with E-state index in [0.29, 0.717) is 21.2 Å². The van der Waals surface area contributed by atoms with Crippen molar-refractivity contribution >= 4 is 39.9 Å². The van der Waals surface area contributed by atoms with Gasteiger partial charge in [-0.15, -0.1) is 0 Å². The Morgan fingerprint density at radius 3 is 2.29 bits per heavy atom. The van der Waals surface area contributed by atoms with Crippen molar-refractivity contribution in [3.05, 3.63) is 75.8 Å². The van der Waals surface area contributed by atoms with E-state index in [1.54, 1.807) is 24.3 Å². The van der Waals surface area contributed by atoms with Gasteiger partial charge in [0.25, 0.3) is 0 Å². The molecule has 0 saturated carbocycles. The normalized spacial score (nSPS) is 12.1. The maximum Gasteiger partial charge on any atom is 0.217 e. The fraction of sp³-hybridized carbons (Fsp3) is 0.105. The van der Waals surface area contributed by atoms with Crippen LogP contribution >= 0.6 is 23.2 Å². The predicted octanol–water partition coefficient (Wildman–Crippen LogP) is 5.08. The third-order valence-electron chi connectivity index (χ3n) is 3.87. The molecule has 1 amide bonds. The standard InChI is InChI=1S/C19H15Cl2NO2/c1-11(23)22-19(18-14(20)7-4-8-15(18)21)17-13-6-3-2-5-12(13)9-10-16(17)24/h2-10,19,24H,1H3,(H,22,23). The minimum atomic E-state index is -0.658. The smallest absolute Gasteiger partial charge is 0.217 e. The first-order chi connectivity index (χ1) is 11.5. The van der Waals surface area contributed by atoms with Crippen molar-refractivity contribution in [2.24, 2.45) is 0 Å². The molecule has 0 aromatic heterocycles. The van der Waals surface area contributed by atoms with E-state index in [1.165, 1.54) is 6.92 Å². The number of benzene rings is 3. The van der Waals surface area contributed by atoms with E-state index >= 15 is 0 Å². The zero-order valence-electron chi connectivity index (χ0n) is 12.9. The average molecular weight is 360 g/mol. The average Bonchev–Trinajstić information content (AvgIpc) is 2.53. The van der Waals surface area contributed by atoms with Crippen LogP contribution in [0, 0.1) is 0 Å². The Labute approximate surface area is 149 Å². The maximum atomic E-state index is 11.8. The van der Waals surface area contributed by atoms with Gasteiger partial charge in [0.05, 0.1) is 6.04 Å². The molecule has 122 valence electrons. The number of phenolic OH excluding ortho intramolecular Hbond substituents is 1. The van der Waals surface area contributed by atoms with Gasteiger partial charge >= 0.3 is 0 Å². The molecule has 1 atom stereocenters. The van der Waals surface area contributed by atoms with Crippen molar-refractivity contribution in [3.8, 4) is 5.75 Å². The zero-order chi connectivity index (χ0) is 17.3. The topological polar surface area (TPSA) is 49.3 Å². The number of amides is 1. The van der Waals surface area contributed by atoms with E-state index in [-0.39, 0.29) is 11.7 Å². The molecule has 0 saturated heterocycles. The molecule has 0 fully saturated rings. The molecule has 0 aliphatic heterocycles. The number of carbonyl (C=O) groups is 1. The molecule has 0 spiro atoms. The molecule has 1 unspecified atom stereocenters. The summed E-state index contributed by atoms with van der Waals surface area (Å²) in [4.78, 5) is 11.8. The van der Waals surface area contributed by atoms with Crippen LogP contribution in [0.15, 0.2) is 54.6 Å². The number of aromatic hydroxyl groups is 1. The molecule has 0 heterocycles. The second kappa shape index (κ2) is 6.71. The van der Waals surface area contributed by atoms with Crippen molar-refractivity contribution in [2.75, 3.05) is 0 Å². The summed E-state index contributed by atoms with van der Waals surface area (Å²) in [7, 11) is 0. The van der Waals surface area contributed by atoms with Crippen LogP contribution in [0.25, 0.3) is 10.8 Å². The van der Waals surface area contributed by atoms with Crippen molar-refractivity contribution in [2.45, 2.75) is 13.0 Å². The highest BCUT2D eigenvalue weighted by atomic mass is 35.5. The minimum Gasteiger partial charge on any atom is -0.508 e. The summed E-state index contributed by atoms with van der Waals surface area (Å²) in [5.41, 5.74) is 1.13. The number of hydrogen-bond donors (Lipinski definition) is 2. The van der Waals surface area contributed by atoms with Gasteiger partial charge < -0.3 is 10.4 Å². The van der Waals surface area contributed by atoms with Crippen LogP contribution in [0.2, 0.25) is 10.0 Å². The Morgan fingerprint density at radius 1 is 0.958 bits per heavy atom. The quantitative estimate of drug-likeness (QED) is 0.685. The molecule has 3 aromatic rings. The van der Waals surface area contributed by atoms with Crippen LogP contribution < -0.4 is 5.32 Å². The molecular formula is C19H15Cl2NO2. The lowest BCUT2D eigenvalue weighted by Crippen LogP contribution is -2.27. The summed E-state index contributed by atoms with van der Waals surface area (Å²) < 4.78 is 0. The van der Waals surface area contributed by atoms with Gasteiger partial charge in [-0.05, 0) is 29.0 Å². The van der Waals surface area contributed by atoms with Gasteiger partial charge in [0.2, 0.25) is 5.91 Å². The second-order valence-corrected chi connectivity index (χ2v) is 6.30. The van der Waals surface area contributed by atoms with Gasteiger partial charge in [-0.3, -0.25) is 4.79 Å². The molecule has 3 rings (SSSR count). The van der Waals surface area contributed by atoms with Crippen molar-refractivity contribution in [3.63, 3.8) is 0 Å². The molecule has 0 aliphatic rings. The van der Waals surface area contributed by atoms with Crippen LogP contribution in [0.3, 0.4) is 0 Å². The van der Waals surface area contributed by atoms with Crippen molar-refractivity contribution in [1.82, 2.24) is 5.32 Å². The number of carbonyl (C=O) groups excluding carboxylic acids is 1. The molecule has 0 bridgehead atoms. The Bertz CT molecular complexity index is 904. The van der Waals surface area contributed by atoms with Crippen LogP contribution in [0.4, 0.5) is 0 Å². The summed E-state index contributed by atoms with van der Waals surface area (Å²) in [5.74, 6) is -0.174. The summed E-state index contributed by atoms with van der Waals surface area (Å²) in [6.07, 6.45) is 0. The van der Waals surface area contributed by atoms with Crippen LogP contribution in [0.1, 0.15) is 24.1 Å². The summed E-state index contributed by atoms with van der Waals surface area (Å²) in [5, 5.41) is 16.0. The van der Waals surface area contributed by atoms with Crippen LogP contribution in [-0.2, 0) is 4.79 Å². The summed E-state index contributed by atoms with van der Waals surface area (Å²) in [6, 6.07) is 15.6. The van der Waals surface area contributed by atoms with Gasteiger partial charge in [-0.25, -0.2) is 0 Å². The number of nitrogens with one attached hydrogen (secondary N) is 1. The minimum absolute atomic E-state index is 0.0726. The number of halogens is 2. The van der Waals surface area contributed by atoms with E-state index in [2.05, 4.69) is 5.32 Å². The molecule has 5 heteroatoms. The highest BCUT2D eigenvalue weighted by molar-refractivity contribution is 6.36. The number of hydrogen-bond acceptors (Lipinski definition) is 2. The van der Waals surface area contributed by atoms with E-state index in [1.807, 2.05) is 30.3 Å². The first kappa shape index (κ1) is 16.6. The monoisotopic (exact) mass is 359 g/mol. The molecule has 3 nitrogen and oxygen atoms in total. The SMILES string of the molecule is CC(=O)NC(c1c(Cl)cccc1Cl)c1c(O)ccc2ccccc12. The van der Waals surface area contributed by atoms with Gasteiger partial charge in [0.1, 0.15) is 5.75 Å². The van der Waals surface area contributed by atoms with Crippen LogP contribution in [0.5, 0.6) is 5.75 Å². The molecule has 24 heavy (non-hydrogen) atoms. The molecular weight excluding hydrogens is 345 g/mol. The molecule has 0 radical (unpaired) electrons. The number of phenols is 1. The first-order valence-corrected chi connectivity index (χ1v) is 8.16. The Hall–Kier alpha value is -2.23. The fourth-order valence-corrected chi connectivity index (χ4v) is 3.48. The van der Waals surface area contributed by atoms with Gasteiger partial charge in [-0.1, -0.05) is 59.6 Å². The number of rotatable bonds is 3. The molecule has 3 aromatic carbocycles. The van der Waals surface area contributed by atoms with Gasteiger partial charge in [-0.2, -0.15) is 0 Å². The maximum absolute atomic E-state index is 11.8. The van der Waals surface area contributed by atoms with Crippen molar-refractivity contribution < 1.29 is 9.90 Å². The summed E-state index contributed by atoms with van der Waals surface area (Å²) >= 11 is 12.7. The third kappa shape index (κ3) is 3.05. The number of fused-ring (bicyclic) bond motifs is 1. The Morgan fingerprint density at radius 2 is 1.62 bits per heavy atom. The summed E-state index contributed by atoms with van der Waals surface area (Å²) in [6.45, 7) is 1.42.